The largest absolute Gasteiger partial charge is 0.452 e. The molecule has 0 N–H and O–H groups in total. The normalized spacial score (nSPS) is 23.7. The van der Waals surface area contributed by atoms with Crippen LogP contribution in [0.2, 0.25) is 0 Å². The summed E-state index contributed by atoms with van der Waals surface area (Å²) in [6.45, 7) is 3.44. The monoisotopic (exact) mass is 474 g/mol. The second-order valence-electron chi connectivity index (χ2n) is 8.25. The average molecular weight is 475 g/mol. The first kappa shape index (κ1) is 24.2. The van der Waals surface area contributed by atoms with Crippen molar-refractivity contribution < 1.29 is 33.3 Å². The highest BCUT2D eigenvalue weighted by atomic mass is 16.6. The molecule has 0 saturated carbocycles. The summed E-state index contributed by atoms with van der Waals surface area (Å²) in [6.07, 6.45) is -4.38. The van der Waals surface area contributed by atoms with Gasteiger partial charge in [-0.15, -0.1) is 0 Å². The van der Waals surface area contributed by atoms with Gasteiger partial charge in [-0.25, -0.2) is 14.4 Å². The lowest BCUT2D eigenvalue weighted by Gasteiger charge is -2.43. The first-order chi connectivity index (χ1) is 16.9. The van der Waals surface area contributed by atoms with E-state index in [1.54, 1.807) is 105 Å². The van der Waals surface area contributed by atoms with Crippen molar-refractivity contribution in [3.05, 3.63) is 108 Å². The third-order valence-corrected chi connectivity index (χ3v) is 5.76. The molecule has 7 nitrogen and oxygen atoms in total. The van der Waals surface area contributed by atoms with Crippen LogP contribution in [0.15, 0.2) is 91.0 Å². The minimum Gasteiger partial charge on any atom is -0.452 e. The number of esters is 3. The Morgan fingerprint density at radius 1 is 0.514 bits per heavy atom. The average Bonchev–Trinajstić information content (AvgIpc) is 2.89. The minimum absolute atomic E-state index is 0.320. The zero-order valence-corrected chi connectivity index (χ0v) is 19.4. The van der Waals surface area contributed by atoms with Gasteiger partial charge in [0.15, 0.2) is 18.3 Å². The van der Waals surface area contributed by atoms with Crippen molar-refractivity contribution in [3.8, 4) is 0 Å². The van der Waals surface area contributed by atoms with Gasteiger partial charge >= 0.3 is 17.9 Å². The Balaban J connectivity index is 1.63. The molecule has 0 amide bonds. The molecule has 1 unspecified atom stereocenters. The van der Waals surface area contributed by atoms with Crippen molar-refractivity contribution in [2.45, 2.75) is 44.4 Å². The molecule has 1 heterocycles. The van der Waals surface area contributed by atoms with Crippen LogP contribution in [0.3, 0.4) is 0 Å². The van der Waals surface area contributed by atoms with Gasteiger partial charge in [-0.2, -0.15) is 0 Å². The Hall–Kier alpha value is -3.97. The number of rotatable bonds is 6. The summed E-state index contributed by atoms with van der Waals surface area (Å²) in [7, 11) is 0. The van der Waals surface area contributed by atoms with E-state index in [1.807, 2.05) is 0 Å². The van der Waals surface area contributed by atoms with Gasteiger partial charge in [-0.05, 0) is 50.2 Å². The predicted molar refractivity (Wildman–Crippen MR) is 127 cm³/mol. The summed E-state index contributed by atoms with van der Waals surface area (Å²) in [5, 5.41) is 0. The smallest absolute Gasteiger partial charge is 0.338 e. The van der Waals surface area contributed by atoms with Gasteiger partial charge < -0.3 is 18.9 Å². The lowest BCUT2D eigenvalue weighted by molar-refractivity contribution is -0.212. The number of carbonyl (C=O) groups is 3. The van der Waals surface area contributed by atoms with E-state index in [9.17, 15) is 14.4 Å². The lowest BCUT2D eigenvalue weighted by Crippen LogP contribution is -2.60. The van der Waals surface area contributed by atoms with Crippen LogP contribution in [0.4, 0.5) is 0 Å². The molecular weight excluding hydrogens is 448 g/mol. The molecule has 0 spiro atoms. The summed E-state index contributed by atoms with van der Waals surface area (Å²) in [5.41, 5.74) is 0.995. The van der Waals surface area contributed by atoms with E-state index >= 15 is 0 Å². The quantitative estimate of drug-likeness (QED) is 0.385. The molecule has 35 heavy (non-hydrogen) atoms. The van der Waals surface area contributed by atoms with E-state index in [4.69, 9.17) is 18.9 Å². The molecule has 5 atom stereocenters. The third-order valence-electron chi connectivity index (χ3n) is 5.76. The lowest BCUT2D eigenvalue weighted by atomic mass is 9.95. The van der Waals surface area contributed by atoms with E-state index < -0.39 is 48.4 Å². The summed E-state index contributed by atoms with van der Waals surface area (Å²) in [5.74, 6) is -1.83. The van der Waals surface area contributed by atoms with Gasteiger partial charge in [0.1, 0.15) is 0 Å². The van der Waals surface area contributed by atoms with Gasteiger partial charge in [0.25, 0.3) is 0 Å². The van der Waals surface area contributed by atoms with Crippen molar-refractivity contribution in [1.29, 1.82) is 0 Å². The van der Waals surface area contributed by atoms with Gasteiger partial charge in [-0.1, -0.05) is 54.6 Å². The maximum absolute atomic E-state index is 13.0. The van der Waals surface area contributed by atoms with Gasteiger partial charge in [0, 0.05) is 0 Å². The Bertz CT molecular complexity index is 1080. The maximum Gasteiger partial charge on any atom is 0.338 e. The number of carbonyl (C=O) groups excluding carboxylic acids is 3. The molecule has 1 saturated heterocycles. The standard InChI is InChI=1S/C28H26O7/c1-18-23(33-26(29)20-12-6-3-7-13-20)25(35-28(31)22-16-10-5-11-17-22)24(19(2)32-18)34-27(30)21-14-8-4-9-15-21/h3-19,23-25H,1-2H3/t18-,19+,23-,24+,25?. The molecule has 180 valence electrons. The number of benzene rings is 3. The second kappa shape index (κ2) is 11.0. The fraction of sp³-hybridized carbons (Fsp3) is 0.250. The Morgan fingerprint density at radius 3 is 1.11 bits per heavy atom. The topological polar surface area (TPSA) is 88.1 Å². The summed E-state index contributed by atoms with van der Waals surface area (Å²) < 4.78 is 23.3. The van der Waals surface area contributed by atoms with Gasteiger partial charge in [-0.3, -0.25) is 0 Å². The van der Waals surface area contributed by atoms with Crippen molar-refractivity contribution >= 4 is 17.9 Å². The molecule has 0 radical (unpaired) electrons. The van der Waals surface area contributed by atoms with E-state index in [0.29, 0.717) is 16.7 Å². The highest BCUT2D eigenvalue weighted by Crippen LogP contribution is 2.30. The summed E-state index contributed by atoms with van der Waals surface area (Å²) in [6, 6.07) is 25.4. The molecule has 0 bridgehead atoms. The zero-order valence-electron chi connectivity index (χ0n) is 19.4. The Labute approximate surface area is 203 Å². The highest BCUT2D eigenvalue weighted by Gasteiger charge is 2.49. The van der Waals surface area contributed by atoms with Crippen LogP contribution in [0.5, 0.6) is 0 Å². The predicted octanol–water partition coefficient (Wildman–Crippen LogP) is 4.47. The maximum atomic E-state index is 13.0. The zero-order chi connectivity index (χ0) is 24.8. The van der Waals surface area contributed by atoms with Crippen LogP contribution in [-0.2, 0) is 18.9 Å². The fourth-order valence-corrected chi connectivity index (χ4v) is 3.97. The molecule has 3 aromatic carbocycles. The molecule has 1 aliphatic rings. The second-order valence-corrected chi connectivity index (χ2v) is 8.25. The van der Waals surface area contributed by atoms with Crippen LogP contribution >= 0.6 is 0 Å². The summed E-state index contributed by atoms with van der Waals surface area (Å²) >= 11 is 0. The molecule has 0 aliphatic carbocycles. The van der Waals surface area contributed by atoms with Gasteiger partial charge in [0.2, 0.25) is 0 Å². The van der Waals surface area contributed by atoms with Crippen LogP contribution in [0, 0.1) is 0 Å². The van der Waals surface area contributed by atoms with E-state index in [-0.39, 0.29) is 0 Å². The molecule has 7 heteroatoms. The van der Waals surface area contributed by atoms with E-state index in [1.165, 1.54) is 0 Å². The Morgan fingerprint density at radius 2 is 0.800 bits per heavy atom. The minimum atomic E-state index is -1.10. The third kappa shape index (κ3) is 5.75. The van der Waals surface area contributed by atoms with Crippen molar-refractivity contribution in [1.82, 2.24) is 0 Å². The molecule has 1 aliphatic heterocycles. The number of hydrogen-bond acceptors (Lipinski definition) is 7. The summed E-state index contributed by atoms with van der Waals surface area (Å²) in [4.78, 5) is 38.7. The number of ether oxygens (including phenoxy) is 4. The molecular formula is C28H26O7. The number of hydrogen-bond donors (Lipinski definition) is 0. The molecule has 4 rings (SSSR count). The van der Waals surface area contributed by atoms with Crippen LogP contribution < -0.4 is 0 Å². The van der Waals surface area contributed by atoms with Crippen molar-refractivity contribution in [2.24, 2.45) is 0 Å². The first-order valence-electron chi connectivity index (χ1n) is 11.4. The van der Waals surface area contributed by atoms with E-state index in [0.717, 1.165) is 0 Å². The first-order valence-corrected chi connectivity index (χ1v) is 11.4. The SMILES string of the molecule is C[C@@H]1O[C@H](C)[C@@H](OC(=O)c2ccccc2)C(OC(=O)c2ccccc2)[C@H]1OC(=O)c1ccccc1. The fourth-order valence-electron chi connectivity index (χ4n) is 3.97. The molecule has 3 aromatic rings. The van der Waals surface area contributed by atoms with E-state index in [2.05, 4.69) is 0 Å². The van der Waals surface area contributed by atoms with Crippen LogP contribution in [-0.4, -0.2) is 48.4 Å². The molecule has 0 aromatic heterocycles. The Kier molecular flexibility index (Phi) is 7.57. The molecule has 1 fully saturated rings. The highest BCUT2D eigenvalue weighted by molar-refractivity contribution is 5.91. The van der Waals surface area contributed by atoms with Crippen molar-refractivity contribution in [3.63, 3.8) is 0 Å². The van der Waals surface area contributed by atoms with Crippen molar-refractivity contribution in [2.75, 3.05) is 0 Å². The van der Waals surface area contributed by atoms with Crippen LogP contribution in [0.1, 0.15) is 44.9 Å². The van der Waals surface area contributed by atoms with Gasteiger partial charge in [0.05, 0.1) is 28.9 Å². The van der Waals surface area contributed by atoms with Crippen LogP contribution in [0.25, 0.3) is 0 Å².